The zero-order chi connectivity index (χ0) is 22.0. The van der Waals surface area contributed by atoms with Crippen molar-refractivity contribution in [2.75, 3.05) is 22.8 Å². The first-order valence-corrected chi connectivity index (χ1v) is 12.5. The van der Waals surface area contributed by atoms with Crippen LogP contribution in [0, 0.1) is 6.92 Å². The van der Waals surface area contributed by atoms with Crippen molar-refractivity contribution in [2.45, 2.75) is 26.0 Å². The van der Waals surface area contributed by atoms with Crippen molar-refractivity contribution in [3.05, 3.63) is 59.0 Å². The van der Waals surface area contributed by atoms with E-state index in [2.05, 4.69) is 9.71 Å². The van der Waals surface area contributed by atoms with Crippen LogP contribution in [0.3, 0.4) is 0 Å². The molecule has 1 aliphatic rings. The summed E-state index contributed by atoms with van der Waals surface area (Å²) in [6.45, 7) is 4.55. The predicted octanol–water partition coefficient (Wildman–Crippen LogP) is 4.20. The van der Waals surface area contributed by atoms with Crippen molar-refractivity contribution in [3.8, 4) is 17.0 Å². The summed E-state index contributed by atoms with van der Waals surface area (Å²) in [4.78, 5) is 18.4. The van der Waals surface area contributed by atoms with Gasteiger partial charge in [-0.25, -0.2) is 13.4 Å². The molecule has 1 aliphatic heterocycles. The van der Waals surface area contributed by atoms with E-state index in [4.69, 9.17) is 4.74 Å². The van der Waals surface area contributed by atoms with E-state index in [1.54, 1.807) is 16.3 Å². The highest BCUT2D eigenvalue weighted by molar-refractivity contribution is 7.92. The smallest absolute Gasteiger partial charge is 0.265 e. The van der Waals surface area contributed by atoms with Crippen molar-refractivity contribution in [2.24, 2.45) is 0 Å². The number of benzene rings is 2. The van der Waals surface area contributed by atoms with Gasteiger partial charge in [-0.1, -0.05) is 31.2 Å². The highest BCUT2D eigenvalue weighted by Crippen LogP contribution is 2.37. The minimum Gasteiger partial charge on any atom is -0.482 e. The lowest BCUT2D eigenvalue weighted by atomic mass is 10.1. The summed E-state index contributed by atoms with van der Waals surface area (Å²) in [6, 6.07) is 12.9. The van der Waals surface area contributed by atoms with Gasteiger partial charge in [0.15, 0.2) is 11.7 Å². The molecule has 0 aliphatic carbocycles. The van der Waals surface area contributed by atoms with Crippen molar-refractivity contribution >= 4 is 38.1 Å². The fourth-order valence-corrected chi connectivity index (χ4v) is 5.68. The summed E-state index contributed by atoms with van der Waals surface area (Å²) in [5.41, 5.74) is 3.82. The lowest BCUT2D eigenvalue weighted by Crippen LogP contribution is -2.39. The van der Waals surface area contributed by atoms with Gasteiger partial charge in [-0.15, -0.1) is 11.3 Å². The average molecular weight is 458 g/mol. The highest BCUT2D eigenvalue weighted by atomic mass is 32.2. The predicted molar refractivity (Wildman–Crippen MR) is 123 cm³/mol. The number of amides is 1. The monoisotopic (exact) mass is 457 g/mol. The molecular weight excluding hydrogens is 434 g/mol. The van der Waals surface area contributed by atoms with Gasteiger partial charge in [-0.05, 0) is 42.7 Å². The number of carbonyl (C=O) groups is 1. The molecule has 7 nitrogen and oxygen atoms in total. The Balaban J connectivity index is 1.55. The van der Waals surface area contributed by atoms with E-state index in [0.29, 0.717) is 28.8 Å². The molecule has 2 aromatic carbocycles. The van der Waals surface area contributed by atoms with Gasteiger partial charge in [0.05, 0.1) is 17.1 Å². The number of aryl methyl sites for hydroxylation is 1. The SMILES string of the molecule is CCCN1C(=O)COc2ccc(-c3csc(NS(=O)(=O)Cc4ccccc4C)n3)cc21. The van der Waals surface area contributed by atoms with Crippen molar-refractivity contribution in [3.63, 3.8) is 0 Å². The Bertz CT molecular complexity index is 1220. The molecule has 3 aromatic rings. The Labute approximate surface area is 185 Å². The van der Waals surface area contributed by atoms with Crippen LogP contribution in [0.25, 0.3) is 11.3 Å². The zero-order valence-corrected chi connectivity index (χ0v) is 18.9. The van der Waals surface area contributed by atoms with Crippen LogP contribution in [-0.4, -0.2) is 32.5 Å². The van der Waals surface area contributed by atoms with Crippen LogP contribution in [0.15, 0.2) is 47.8 Å². The molecule has 162 valence electrons. The third kappa shape index (κ3) is 4.72. The Kier molecular flexibility index (Phi) is 5.97. The largest absolute Gasteiger partial charge is 0.482 e. The Morgan fingerprint density at radius 3 is 2.81 bits per heavy atom. The molecule has 0 spiro atoms. The lowest BCUT2D eigenvalue weighted by Gasteiger charge is -2.29. The molecule has 0 radical (unpaired) electrons. The quantitative estimate of drug-likeness (QED) is 0.575. The van der Waals surface area contributed by atoms with Gasteiger partial charge in [0, 0.05) is 17.5 Å². The average Bonchev–Trinajstić information content (AvgIpc) is 3.19. The van der Waals surface area contributed by atoms with Crippen LogP contribution >= 0.6 is 11.3 Å². The van der Waals surface area contributed by atoms with E-state index in [0.717, 1.165) is 23.1 Å². The first-order chi connectivity index (χ1) is 14.9. The molecule has 1 amide bonds. The number of aromatic nitrogens is 1. The van der Waals surface area contributed by atoms with Crippen molar-refractivity contribution in [1.29, 1.82) is 0 Å². The van der Waals surface area contributed by atoms with E-state index < -0.39 is 10.0 Å². The van der Waals surface area contributed by atoms with E-state index in [1.807, 2.05) is 50.2 Å². The van der Waals surface area contributed by atoms with E-state index in [1.165, 1.54) is 11.3 Å². The molecule has 0 atom stereocenters. The van der Waals surface area contributed by atoms with Gasteiger partial charge in [-0.3, -0.25) is 9.52 Å². The minimum atomic E-state index is -3.59. The van der Waals surface area contributed by atoms with Crippen molar-refractivity contribution < 1.29 is 17.9 Å². The molecule has 1 aromatic heterocycles. The number of thiazole rings is 1. The molecule has 2 heterocycles. The third-order valence-corrected chi connectivity index (χ3v) is 7.08. The summed E-state index contributed by atoms with van der Waals surface area (Å²) in [7, 11) is -3.59. The Hall–Kier alpha value is -2.91. The Morgan fingerprint density at radius 2 is 2.03 bits per heavy atom. The summed E-state index contributed by atoms with van der Waals surface area (Å²) >= 11 is 1.22. The topological polar surface area (TPSA) is 88.6 Å². The van der Waals surface area contributed by atoms with Gasteiger partial charge in [0.1, 0.15) is 5.75 Å². The van der Waals surface area contributed by atoms with Crippen LogP contribution < -0.4 is 14.4 Å². The van der Waals surface area contributed by atoms with Crippen molar-refractivity contribution in [1.82, 2.24) is 4.98 Å². The second-order valence-corrected chi connectivity index (χ2v) is 9.92. The number of ether oxygens (including phenoxy) is 1. The van der Waals surface area contributed by atoms with Crippen LogP contribution in [0.2, 0.25) is 0 Å². The lowest BCUT2D eigenvalue weighted by molar-refractivity contribution is -0.121. The molecule has 0 fully saturated rings. The van der Waals surface area contributed by atoms with Crippen LogP contribution in [-0.2, 0) is 20.6 Å². The fourth-order valence-electron chi connectivity index (χ4n) is 3.43. The van der Waals surface area contributed by atoms with Crippen LogP contribution in [0.4, 0.5) is 10.8 Å². The van der Waals surface area contributed by atoms with E-state index in [-0.39, 0.29) is 18.3 Å². The summed E-state index contributed by atoms with van der Waals surface area (Å²) < 4.78 is 33.3. The number of sulfonamides is 1. The van der Waals surface area contributed by atoms with Gasteiger partial charge < -0.3 is 9.64 Å². The number of rotatable bonds is 7. The van der Waals surface area contributed by atoms with Gasteiger partial charge >= 0.3 is 0 Å². The maximum absolute atomic E-state index is 12.6. The number of nitrogens with zero attached hydrogens (tertiary/aromatic N) is 2. The molecule has 0 saturated heterocycles. The van der Waals surface area contributed by atoms with Crippen LogP contribution in [0.1, 0.15) is 24.5 Å². The van der Waals surface area contributed by atoms with Crippen LogP contribution in [0.5, 0.6) is 5.75 Å². The standard InChI is InChI=1S/C22H23N3O4S2/c1-3-10-25-19-11-16(8-9-20(19)29-12-21(25)26)18-13-30-22(23-18)24-31(27,28)14-17-7-5-4-6-15(17)2/h4-9,11,13H,3,10,12,14H2,1-2H3,(H,23,24). The van der Waals surface area contributed by atoms with Gasteiger partial charge in [-0.2, -0.15) is 0 Å². The molecule has 31 heavy (non-hydrogen) atoms. The van der Waals surface area contributed by atoms with E-state index >= 15 is 0 Å². The molecule has 1 N–H and O–H groups in total. The molecule has 9 heteroatoms. The first-order valence-electron chi connectivity index (χ1n) is 9.94. The maximum atomic E-state index is 12.6. The zero-order valence-electron chi connectivity index (χ0n) is 17.3. The number of fused-ring (bicyclic) bond motifs is 1. The summed E-state index contributed by atoms with van der Waals surface area (Å²) in [6.07, 6.45) is 0.832. The second-order valence-electron chi connectivity index (χ2n) is 7.34. The summed E-state index contributed by atoms with van der Waals surface area (Å²) in [5.74, 6) is 0.472. The number of hydrogen-bond donors (Lipinski definition) is 1. The fraction of sp³-hybridized carbons (Fsp3) is 0.273. The Morgan fingerprint density at radius 1 is 1.23 bits per heavy atom. The molecule has 0 bridgehead atoms. The third-order valence-electron chi connectivity index (χ3n) is 5.00. The van der Waals surface area contributed by atoms with Gasteiger partial charge in [0.25, 0.3) is 5.91 Å². The number of hydrogen-bond acceptors (Lipinski definition) is 6. The highest BCUT2D eigenvalue weighted by Gasteiger charge is 2.25. The number of nitrogens with one attached hydrogen (secondary N) is 1. The van der Waals surface area contributed by atoms with E-state index in [9.17, 15) is 13.2 Å². The maximum Gasteiger partial charge on any atom is 0.265 e. The summed E-state index contributed by atoms with van der Waals surface area (Å²) in [5, 5.41) is 2.10. The first kappa shape index (κ1) is 21.3. The normalized spacial score (nSPS) is 13.6. The molecule has 4 rings (SSSR count). The minimum absolute atomic E-state index is 0.0376. The number of anilines is 2. The number of carbonyl (C=O) groups excluding carboxylic acids is 1. The molecule has 0 saturated carbocycles. The second kappa shape index (κ2) is 8.68. The van der Waals surface area contributed by atoms with Gasteiger partial charge in [0.2, 0.25) is 10.0 Å². The molecular formula is C22H23N3O4S2. The molecule has 0 unspecified atom stereocenters.